The van der Waals surface area contributed by atoms with Gasteiger partial charge in [-0.3, -0.25) is 0 Å². The summed E-state index contributed by atoms with van der Waals surface area (Å²) in [4.78, 5) is 3.84. The molecule has 94 valence electrons. The van der Waals surface area contributed by atoms with Gasteiger partial charge in [-0.1, -0.05) is 0 Å². The van der Waals surface area contributed by atoms with Gasteiger partial charge < -0.3 is 5.73 Å². The van der Waals surface area contributed by atoms with Gasteiger partial charge in [0.1, 0.15) is 0 Å². The van der Waals surface area contributed by atoms with Crippen molar-refractivity contribution in [2.75, 3.05) is 0 Å². The first-order chi connectivity index (χ1) is 7.95. The van der Waals surface area contributed by atoms with Gasteiger partial charge in [0.25, 0.3) is 0 Å². The maximum Gasteiger partial charge on any atom is 0.417 e. The van der Waals surface area contributed by atoms with Gasteiger partial charge in [0.2, 0.25) is 0 Å². The lowest BCUT2D eigenvalue weighted by molar-refractivity contribution is -0.137. The van der Waals surface area contributed by atoms with Crippen molar-refractivity contribution in [1.29, 1.82) is 0 Å². The molecule has 0 spiro atoms. The molecule has 2 atom stereocenters. The van der Waals surface area contributed by atoms with Crippen LogP contribution >= 0.6 is 11.8 Å². The van der Waals surface area contributed by atoms with Crippen LogP contribution in [0.15, 0.2) is 23.4 Å². The highest BCUT2D eigenvalue weighted by Crippen LogP contribution is 2.34. The Morgan fingerprint density at radius 2 is 2.06 bits per heavy atom. The average Bonchev–Trinajstić information content (AvgIpc) is 2.63. The number of nitrogens with two attached hydrogens (primary N) is 1. The summed E-state index contributed by atoms with van der Waals surface area (Å²) in [7, 11) is 0. The van der Waals surface area contributed by atoms with Gasteiger partial charge in [-0.15, -0.1) is 11.8 Å². The normalized spacial score (nSPS) is 25.2. The van der Waals surface area contributed by atoms with Gasteiger partial charge in [-0.05, 0) is 31.4 Å². The molecule has 0 radical (unpaired) electrons. The minimum Gasteiger partial charge on any atom is -0.328 e. The first-order valence-electron chi connectivity index (χ1n) is 5.40. The van der Waals surface area contributed by atoms with Crippen LogP contribution in [0.2, 0.25) is 0 Å². The molecule has 1 aromatic heterocycles. The third kappa shape index (κ3) is 3.35. The Morgan fingerprint density at radius 3 is 2.53 bits per heavy atom. The Hall–Kier alpha value is -0.750. The van der Waals surface area contributed by atoms with Crippen LogP contribution in [-0.4, -0.2) is 16.3 Å². The summed E-state index contributed by atoms with van der Waals surface area (Å²) in [5.41, 5.74) is 5.07. The number of alkyl halides is 3. The van der Waals surface area contributed by atoms with Crippen LogP contribution < -0.4 is 5.73 Å². The molecule has 1 aliphatic rings. The second-order valence-electron chi connectivity index (χ2n) is 4.20. The van der Waals surface area contributed by atoms with E-state index < -0.39 is 11.7 Å². The lowest BCUT2D eigenvalue weighted by Crippen LogP contribution is -2.15. The maximum absolute atomic E-state index is 12.3. The molecule has 2 nitrogen and oxygen atoms in total. The van der Waals surface area contributed by atoms with Crippen LogP contribution in [0.4, 0.5) is 13.2 Å². The Morgan fingerprint density at radius 1 is 1.29 bits per heavy atom. The smallest absolute Gasteiger partial charge is 0.328 e. The average molecular weight is 262 g/mol. The lowest BCUT2D eigenvalue weighted by atomic mass is 10.3. The van der Waals surface area contributed by atoms with E-state index in [0.717, 1.165) is 31.5 Å². The minimum atomic E-state index is -4.31. The third-order valence-electron chi connectivity index (χ3n) is 2.78. The Labute approximate surface area is 102 Å². The molecule has 0 amide bonds. The molecule has 2 unspecified atom stereocenters. The van der Waals surface area contributed by atoms with Crippen LogP contribution in [0.3, 0.4) is 0 Å². The fourth-order valence-corrected chi connectivity index (χ4v) is 3.07. The minimum absolute atomic E-state index is 0.224. The fourth-order valence-electron chi connectivity index (χ4n) is 1.87. The number of hydrogen-bond acceptors (Lipinski definition) is 3. The number of nitrogens with zero attached hydrogens (tertiary/aromatic N) is 1. The van der Waals surface area contributed by atoms with Crippen molar-refractivity contribution in [1.82, 2.24) is 4.98 Å². The Bertz CT molecular complexity index is 377. The summed E-state index contributed by atoms with van der Waals surface area (Å²) in [6.45, 7) is 0. The van der Waals surface area contributed by atoms with Crippen LogP contribution in [0.5, 0.6) is 0 Å². The number of rotatable bonds is 2. The first kappa shape index (κ1) is 12.7. The van der Waals surface area contributed by atoms with Crippen molar-refractivity contribution in [2.24, 2.45) is 5.73 Å². The highest BCUT2D eigenvalue weighted by Gasteiger charge is 2.31. The molecular formula is C11H13F3N2S. The van der Waals surface area contributed by atoms with Gasteiger partial charge in [0.15, 0.2) is 0 Å². The van der Waals surface area contributed by atoms with E-state index in [-0.39, 0.29) is 6.04 Å². The van der Waals surface area contributed by atoms with E-state index in [1.54, 1.807) is 0 Å². The molecule has 2 N–H and O–H groups in total. The molecule has 17 heavy (non-hydrogen) atoms. The summed E-state index contributed by atoms with van der Waals surface area (Å²) in [6, 6.07) is 2.73. The van der Waals surface area contributed by atoms with Crippen molar-refractivity contribution >= 4 is 11.8 Å². The van der Waals surface area contributed by atoms with Gasteiger partial charge >= 0.3 is 6.18 Å². The van der Waals surface area contributed by atoms with Crippen molar-refractivity contribution < 1.29 is 13.2 Å². The van der Waals surface area contributed by atoms with Crippen LogP contribution in [-0.2, 0) is 6.18 Å². The van der Waals surface area contributed by atoms with E-state index in [1.165, 1.54) is 17.8 Å². The predicted octanol–water partition coefficient (Wildman–Crippen LogP) is 3.07. The molecule has 0 bridgehead atoms. The second kappa shape index (κ2) is 4.86. The van der Waals surface area contributed by atoms with Crippen molar-refractivity contribution in [3.63, 3.8) is 0 Å². The molecule has 1 saturated carbocycles. The maximum atomic E-state index is 12.3. The molecular weight excluding hydrogens is 249 g/mol. The molecule has 0 aromatic carbocycles. The van der Waals surface area contributed by atoms with Crippen LogP contribution in [0, 0.1) is 0 Å². The number of thioether (sulfide) groups is 1. The number of hydrogen-bond donors (Lipinski definition) is 1. The number of halogens is 3. The lowest BCUT2D eigenvalue weighted by Gasteiger charge is -2.10. The molecule has 1 fully saturated rings. The molecule has 1 heterocycles. The SMILES string of the molecule is NC1CCC(Sc2ccc(C(F)(F)F)cn2)C1. The molecule has 1 aliphatic carbocycles. The largest absolute Gasteiger partial charge is 0.417 e. The van der Waals surface area contributed by atoms with E-state index in [9.17, 15) is 13.2 Å². The van der Waals surface area contributed by atoms with Crippen molar-refractivity contribution in [3.05, 3.63) is 23.9 Å². The highest BCUT2D eigenvalue weighted by atomic mass is 32.2. The quantitative estimate of drug-likeness (QED) is 0.890. The molecule has 1 aromatic rings. The first-order valence-corrected chi connectivity index (χ1v) is 6.28. The third-order valence-corrected chi connectivity index (χ3v) is 4.02. The zero-order valence-electron chi connectivity index (χ0n) is 9.07. The van der Waals surface area contributed by atoms with Crippen molar-refractivity contribution in [2.45, 2.75) is 41.8 Å². The monoisotopic (exact) mass is 262 g/mol. The summed E-state index contributed by atoms with van der Waals surface area (Å²) in [5.74, 6) is 0. The second-order valence-corrected chi connectivity index (χ2v) is 5.52. The molecule has 2 rings (SSSR count). The predicted molar refractivity (Wildman–Crippen MR) is 60.7 cm³/mol. The number of aromatic nitrogens is 1. The topological polar surface area (TPSA) is 38.9 Å². The summed E-state index contributed by atoms with van der Waals surface area (Å²) >= 11 is 1.52. The van der Waals surface area contributed by atoms with Crippen LogP contribution in [0.25, 0.3) is 0 Å². The summed E-state index contributed by atoms with van der Waals surface area (Å²) < 4.78 is 36.9. The van der Waals surface area contributed by atoms with E-state index in [4.69, 9.17) is 5.73 Å². The van der Waals surface area contributed by atoms with E-state index in [1.807, 2.05) is 0 Å². The van der Waals surface area contributed by atoms with E-state index in [0.29, 0.717) is 10.3 Å². The highest BCUT2D eigenvalue weighted by molar-refractivity contribution is 7.99. The van der Waals surface area contributed by atoms with Crippen molar-refractivity contribution in [3.8, 4) is 0 Å². The molecule has 6 heteroatoms. The van der Waals surface area contributed by atoms with Gasteiger partial charge in [0.05, 0.1) is 10.6 Å². The van der Waals surface area contributed by atoms with E-state index in [2.05, 4.69) is 4.98 Å². The fraction of sp³-hybridized carbons (Fsp3) is 0.545. The molecule has 0 saturated heterocycles. The van der Waals surface area contributed by atoms with Gasteiger partial charge in [-0.2, -0.15) is 13.2 Å². The van der Waals surface area contributed by atoms with E-state index >= 15 is 0 Å². The zero-order chi connectivity index (χ0) is 12.5. The number of pyridine rings is 1. The zero-order valence-corrected chi connectivity index (χ0v) is 9.89. The summed E-state index contributed by atoms with van der Waals surface area (Å²) in [6.07, 6.45) is -0.524. The Balaban J connectivity index is 1.99. The standard InChI is InChI=1S/C11H13F3N2S/c12-11(13,14)7-1-4-10(16-6-7)17-9-3-2-8(15)5-9/h1,4,6,8-9H,2-3,5,15H2. The molecule has 0 aliphatic heterocycles. The Kier molecular flexibility index (Phi) is 3.63. The van der Waals surface area contributed by atoms with Crippen LogP contribution in [0.1, 0.15) is 24.8 Å². The van der Waals surface area contributed by atoms with Gasteiger partial charge in [0, 0.05) is 17.5 Å². The van der Waals surface area contributed by atoms with Gasteiger partial charge in [-0.25, -0.2) is 4.98 Å². The summed E-state index contributed by atoms with van der Waals surface area (Å²) in [5, 5.41) is 1.02.